The summed E-state index contributed by atoms with van der Waals surface area (Å²) < 4.78 is 0. The zero-order valence-corrected chi connectivity index (χ0v) is 8.53. The van der Waals surface area contributed by atoms with Crippen molar-refractivity contribution in [3.8, 4) is 0 Å². The summed E-state index contributed by atoms with van der Waals surface area (Å²) in [6.45, 7) is 9.34. The normalized spacial score (nSPS) is 11.3. The predicted octanol–water partition coefficient (Wildman–Crippen LogP) is 0.901. The molecule has 3 heteroatoms. The molecule has 2 N–H and O–H groups in total. The summed E-state index contributed by atoms with van der Waals surface area (Å²) >= 11 is 0. The fraction of sp³-hybridized carbons (Fsp3) is 0.889. The number of carbonyl (C=O) groups is 1. The van der Waals surface area contributed by atoms with Crippen molar-refractivity contribution in [3.63, 3.8) is 0 Å². The van der Waals surface area contributed by atoms with Gasteiger partial charge in [0.25, 0.3) is 0 Å². The summed E-state index contributed by atoms with van der Waals surface area (Å²) in [7, 11) is 0. The number of carbonyl (C=O) groups excluding carboxylic acids is 1. The van der Waals surface area contributed by atoms with Gasteiger partial charge >= 0.3 is 0 Å². The minimum absolute atomic E-state index is 0.0174. The van der Waals surface area contributed by atoms with Gasteiger partial charge in [0.15, 0.2) is 0 Å². The second kappa shape index (κ2) is 5.14. The van der Waals surface area contributed by atoms with Crippen molar-refractivity contribution >= 4 is 5.91 Å². The van der Waals surface area contributed by atoms with Crippen molar-refractivity contribution < 1.29 is 4.79 Å². The molecule has 0 aromatic rings. The van der Waals surface area contributed by atoms with E-state index < -0.39 is 0 Å². The molecule has 0 radical (unpaired) electrons. The van der Waals surface area contributed by atoms with E-state index in [1.54, 1.807) is 0 Å². The number of amides is 1. The molecule has 0 atom stereocenters. The maximum atomic E-state index is 11.1. The molecule has 0 heterocycles. The molecule has 0 spiro atoms. The van der Waals surface area contributed by atoms with Gasteiger partial charge in [-0.15, -0.1) is 0 Å². The highest BCUT2D eigenvalue weighted by Crippen LogP contribution is 1.96. The molecule has 0 aliphatic heterocycles. The average Bonchev–Trinajstić information content (AvgIpc) is 1.95. The van der Waals surface area contributed by atoms with E-state index in [1.165, 1.54) is 0 Å². The van der Waals surface area contributed by atoms with E-state index in [1.807, 2.05) is 27.7 Å². The van der Waals surface area contributed by atoms with Crippen LogP contribution < -0.4 is 10.6 Å². The van der Waals surface area contributed by atoms with E-state index >= 15 is 0 Å². The molecule has 0 fully saturated rings. The zero-order chi connectivity index (χ0) is 9.61. The smallest absolute Gasteiger partial charge is 0.233 e. The number of nitrogens with one attached hydrogen (secondary N) is 2. The van der Waals surface area contributed by atoms with Crippen molar-refractivity contribution in [2.24, 2.45) is 0 Å². The first-order valence-electron chi connectivity index (χ1n) is 4.47. The molecule has 0 rings (SSSR count). The van der Waals surface area contributed by atoms with Crippen LogP contribution in [0.25, 0.3) is 0 Å². The number of rotatable bonds is 4. The van der Waals surface area contributed by atoms with E-state index in [9.17, 15) is 4.79 Å². The van der Waals surface area contributed by atoms with Crippen molar-refractivity contribution in [2.45, 2.75) is 39.7 Å². The molecule has 1 amide bonds. The van der Waals surface area contributed by atoms with Crippen molar-refractivity contribution in [1.82, 2.24) is 10.6 Å². The molecule has 12 heavy (non-hydrogen) atoms. The minimum Gasteiger partial charge on any atom is -0.355 e. The van der Waals surface area contributed by atoms with E-state index in [-0.39, 0.29) is 11.4 Å². The maximum Gasteiger partial charge on any atom is 0.233 e. The summed E-state index contributed by atoms with van der Waals surface area (Å²) in [6.07, 6.45) is 0.987. The molecule has 0 aromatic carbocycles. The lowest BCUT2D eigenvalue weighted by Crippen LogP contribution is -2.43. The Labute approximate surface area is 74.9 Å². The van der Waals surface area contributed by atoms with Gasteiger partial charge in [0.1, 0.15) is 0 Å². The third kappa shape index (κ3) is 7.54. The van der Waals surface area contributed by atoms with Crippen LogP contribution in [0.5, 0.6) is 0 Å². The van der Waals surface area contributed by atoms with Crippen molar-refractivity contribution in [1.29, 1.82) is 0 Å². The van der Waals surface area contributed by atoms with Gasteiger partial charge < -0.3 is 10.6 Å². The molecule has 0 unspecified atom stereocenters. The largest absolute Gasteiger partial charge is 0.355 e. The van der Waals surface area contributed by atoms with Gasteiger partial charge in [-0.2, -0.15) is 0 Å². The lowest BCUT2D eigenvalue weighted by atomic mass is 10.1. The van der Waals surface area contributed by atoms with Crippen molar-refractivity contribution in [3.05, 3.63) is 0 Å². The summed E-state index contributed by atoms with van der Waals surface area (Å²) in [6, 6.07) is 0. The second-order valence-corrected chi connectivity index (χ2v) is 3.95. The summed E-state index contributed by atoms with van der Waals surface area (Å²) in [5, 5.41) is 5.92. The number of hydrogen-bond donors (Lipinski definition) is 2. The minimum atomic E-state index is 0.0174. The Hall–Kier alpha value is -0.570. The Balaban J connectivity index is 3.44. The summed E-state index contributed by atoms with van der Waals surface area (Å²) in [5.74, 6) is 0.0757. The highest BCUT2D eigenvalue weighted by atomic mass is 16.1. The van der Waals surface area contributed by atoms with Crippen molar-refractivity contribution in [2.75, 3.05) is 13.1 Å². The van der Waals surface area contributed by atoms with Crippen LogP contribution in [0.15, 0.2) is 0 Å². The standard InChI is InChI=1S/C9H20N2O/c1-5-6-10-8(12)7-11-9(2,3)4/h11H,5-7H2,1-4H3,(H,10,12). The lowest BCUT2D eigenvalue weighted by Gasteiger charge is -2.19. The first kappa shape index (κ1) is 11.4. The SMILES string of the molecule is CCCNC(=O)CNC(C)(C)C. The number of hydrogen-bond acceptors (Lipinski definition) is 2. The van der Waals surface area contributed by atoms with Gasteiger partial charge in [-0.1, -0.05) is 6.92 Å². The van der Waals surface area contributed by atoms with Crippen LogP contribution in [0.1, 0.15) is 34.1 Å². The fourth-order valence-electron chi connectivity index (χ4n) is 0.672. The van der Waals surface area contributed by atoms with Crippen LogP contribution in [-0.2, 0) is 4.79 Å². The molecule has 0 saturated heterocycles. The molecule has 0 aromatic heterocycles. The highest BCUT2D eigenvalue weighted by Gasteiger charge is 2.10. The first-order chi connectivity index (χ1) is 5.45. The average molecular weight is 172 g/mol. The second-order valence-electron chi connectivity index (χ2n) is 3.95. The summed E-state index contributed by atoms with van der Waals surface area (Å²) in [5.41, 5.74) is 0.0174. The molecular weight excluding hydrogens is 152 g/mol. The van der Waals surface area contributed by atoms with E-state index in [0.717, 1.165) is 13.0 Å². The van der Waals surface area contributed by atoms with Crippen LogP contribution in [0.2, 0.25) is 0 Å². The Bertz CT molecular complexity index is 138. The first-order valence-corrected chi connectivity index (χ1v) is 4.47. The van der Waals surface area contributed by atoms with E-state index in [4.69, 9.17) is 0 Å². The van der Waals surface area contributed by atoms with E-state index in [0.29, 0.717) is 6.54 Å². The topological polar surface area (TPSA) is 41.1 Å². The van der Waals surface area contributed by atoms with Gasteiger partial charge in [0.05, 0.1) is 6.54 Å². The fourth-order valence-corrected chi connectivity index (χ4v) is 0.672. The van der Waals surface area contributed by atoms with Gasteiger partial charge in [0.2, 0.25) is 5.91 Å². The van der Waals surface area contributed by atoms with Gasteiger partial charge in [-0.25, -0.2) is 0 Å². The van der Waals surface area contributed by atoms with Gasteiger partial charge in [-0.05, 0) is 27.2 Å². The Morgan fingerprint density at radius 1 is 1.33 bits per heavy atom. The Morgan fingerprint density at radius 2 is 1.92 bits per heavy atom. The molecular formula is C9H20N2O. The Kier molecular flexibility index (Phi) is 4.90. The molecule has 3 nitrogen and oxygen atoms in total. The van der Waals surface area contributed by atoms with Gasteiger partial charge in [-0.3, -0.25) is 4.79 Å². The maximum absolute atomic E-state index is 11.1. The van der Waals surface area contributed by atoms with Gasteiger partial charge in [0, 0.05) is 12.1 Å². The molecule has 0 aliphatic carbocycles. The third-order valence-corrected chi connectivity index (χ3v) is 1.35. The highest BCUT2D eigenvalue weighted by molar-refractivity contribution is 5.77. The lowest BCUT2D eigenvalue weighted by molar-refractivity contribution is -0.120. The molecule has 72 valence electrons. The van der Waals surface area contributed by atoms with Crippen LogP contribution in [0.4, 0.5) is 0 Å². The quantitative estimate of drug-likeness (QED) is 0.661. The van der Waals surface area contributed by atoms with E-state index in [2.05, 4.69) is 10.6 Å². The Morgan fingerprint density at radius 3 is 2.33 bits per heavy atom. The van der Waals surface area contributed by atoms with Crippen LogP contribution >= 0.6 is 0 Å². The third-order valence-electron chi connectivity index (χ3n) is 1.35. The van der Waals surface area contributed by atoms with Crippen LogP contribution in [0, 0.1) is 0 Å². The predicted molar refractivity (Wildman–Crippen MR) is 51.1 cm³/mol. The zero-order valence-electron chi connectivity index (χ0n) is 8.53. The molecule has 0 aliphatic rings. The molecule has 0 saturated carbocycles. The van der Waals surface area contributed by atoms with Crippen LogP contribution in [-0.4, -0.2) is 24.5 Å². The summed E-state index contributed by atoms with van der Waals surface area (Å²) in [4.78, 5) is 11.1. The molecule has 0 bridgehead atoms. The monoisotopic (exact) mass is 172 g/mol. The van der Waals surface area contributed by atoms with Crippen LogP contribution in [0.3, 0.4) is 0 Å².